The van der Waals surface area contributed by atoms with Crippen molar-refractivity contribution < 1.29 is 4.79 Å². The average molecular weight is 212 g/mol. The molecule has 0 aromatic heterocycles. The normalized spacial score (nSPS) is 22.1. The summed E-state index contributed by atoms with van der Waals surface area (Å²) in [6.45, 7) is 9.30. The number of hydrogen-bond donors (Lipinski definition) is 1. The predicted molar refractivity (Wildman–Crippen MR) is 62.5 cm³/mol. The molecule has 15 heavy (non-hydrogen) atoms. The number of likely N-dealkylation sites (tertiary alicyclic amines) is 1. The van der Waals surface area contributed by atoms with Crippen LogP contribution in [0.4, 0.5) is 0 Å². The largest absolute Gasteiger partial charge is 0.338 e. The number of carbonyl (C=O) groups excluding carboxylic acids is 1. The molecule has 0 aromatic carbocycles. The van der Waals surface area contributed by atoms with Gasteiger partial charge in [0.05, 0.1) is 0 Å². The molecular formula is C12H24N2O. The van der Waals surface area contributed by atoms with Crippen molar-refractivity contribution in [2.24, 2.45) is 11.7 Å². The lowest BCUT2D eigenvalue weighted by Crippen LogP contribution is -2.45. The highest BCUT2D eigenvalue weighted by molar-refractivity contribution is 5.78. The van der Waals surface area contributed by atoms with Crippen molar-refractivity contribution in [2.75, 3.05) is 6.54 Å². The second-order valence-corrected chi connectivity index (χ2v) is 5.57. The number of rotatable bonds is 3. The summed E-state index contributed by atoms with van der Waals surface area (Å²) in [6, 6.07) is -0.00565. The van der Waals surface area contributed by atoms with Gasteiger partial charge in [0.25, 0.3) is 0 Å². The Bertz CT molecular complexity index is 236. The minimum absolute atomic E-state index is 0.00565. The van der Waals surface area contributed by atoms with E-state index in [-0.39, 0.29) is 17.5 Å². The Kier molecular flexibility index (Phi) is 3.77. The van der Waals surface area contributed by atoms with Crippen molar-refractivity contribution >= 4 is 5.91 Å². The SMILES string of the molecule is CC(C)C(N)CC(=O)N1CCCC1(C)C. The number of carbonyl (C=O) groups is 1. The first-order chi connectivity index (χ1) is 6.84. The second kappa shape index (κ2) is 4.52. The first-order valence-corrected chi connectivity index (χ1v) is 5.90. The van der Waals surface area contributed by atoms with Gasteiger partial charge in [-0.2, -0.15) is 0 Å². The van der Waals surface area contributed by atoms with Crippen LogP contribution in [0.15, 0.2) is 0 Å². The molecule has 1 unspecified atom stereocenters. The van der Waals surface area contributed by atoms with E-state index in [0.29, 0.717) is 12.3 Å². The smallest absolute Gasteiger partial charge is 0.224 e. The molecule has 1 aliphatic rings. The molecule has 1 heterocycles. The highest BCUT2D eigenvalue weighted by atomic mass is 16.2. The van der Waals surface area contributed by atoms with Gasteiger partial charge in [0, 0.05) is 24.5 Å². The van der Waals surface area contributed by atoms with Crippen LogP contribution in [0, 0.1) is 5.92 Å². The molecule has 0 aromatic rings. The van der Waals surface area contributed by atoms with Gasteiger partial charge in [-0.1, -0.05) is 13.8 Å². The van der Waals surface area contributed by atoms with Crippen LogP contribution in [0.1, 0.15) is 47.0 Å². The summed E-state index contributed by atoms with van der Waals surface area (Å²) < 4.78 is 0. The summed E-state index contributed by atoms with van der Waals surface area (Å²) >= 11 is 0. The molecule has 1 fully saturated rings. The first-order valence-electron chi connectivity index (χ1n) is 5.90. The number of amides is 1. The van der Waals surface area contributed by atoms with Crippen molar-refractivity contribution in [1.82, 2.24) is 4.90 Å². The van der Waals surface area contributed by atoms with Gasteiger partial charge in [-0.05, 0) is 32.6 Å². The molecule has 0 bridgehead atoms. The molecule has 1 saturated heterocycles. The fraction of sp³-hybridized carbons (Fsp3) is 0.917. The summed E-state index contributed by atoms with van der Waals surface area (Å²) in [5.74, 6) is 0.596. The van der Waals surface area contributed by atoms with Crippen molar-refractivity contribution in [3.05, 3.63) is 0 Å². The summed E-state index contributed by atoms with van der Waals surface area (Å²) in [7, 11) is 0. The molecule has 0 radical (unpaired) electrons. The number of hydrogen-bond acceptors (Lipinski definition) is 2. The van der Waals surface area contributed by atoms with Crippen LogP contribution in [0.5, 0.6) is 0 Å². The Balaban J connectivity index is 2.54. The maximum atomic E-state index is 12.0. The standard InChI is InChI=1S/C12H24N2O/c1-9(2)10(13)8-11(15)14-7-5-6-12(14,3)4/h9-10H,5-8,13H2,1-4H3. The van der Waals surface area contributed by atoms with Crippen LogP contribution in [0.25, 0.3) is 0 Å². The second-order valence-electron chi connectivity index (χ2n) is 5.57. The summed E-state index contributed by atoms with van der Waals surface area (Å²) in [4.78, 5) is 14.0. The van der Waals surface area contributed by atoms with Gasteiger partial charge in [0.1, 0.15) is 0 Å². The van der Waals surface area contributed by atoms with Gasteiger partial charge in [-0.3, -0.25) is 4.79 Å². The third-order valence-corrected chi connectivity index (χ3v) is 3.47. The van der Waals surface area contributed by atoms with Gasteiger partial charge in [-0.15, -0.1) is 0 Å². The quantitative estimate of drug-likeness (QED) is 0.775. The monoisotopic (exact) mass is 212 g/mol. The minimum Gasteiger partial charge on any atom is -0.338 e. The summed E-state index contributed by atoms with van der Waals surface area (Å²) in [5.41, 5.74) is 5.96. The molecule has 1 atom stereocenters. The lowest BCUT2D eigenvalue weighted by Gasteiger charge is -2.32. The zero-order valence-electron chi connectivity index (χ0n) is 10.4. The number of nitrogens with zero attached hydrogens (tertiary/aromatic N) is 1. The molecule has 1 amide bonds. The lowest BCUT2D eigenvalue weighted by molar-refractivity contribution is -0.134. The minimum atomic E-state index is -0.00565. The highest BCUT2D eigenvalue weighted by Crippen LogP contribution is 2.29. The van der Waals surface area contributed by atoms with Crippen LogP contribution < -0.4 is 5.73 Å². The topological polar surface area (TPSA) is 46.3 Å². The molecule has 88 valence electrons. The zero-order chi connectivity index (χ0) is 11.6. The van der Waals surface area contributed by atoms with Gasteiger partial charge in [0.15, 0.2) is 0 Å². The zero-order valence-corrected chi connectivity index (χ0v) is 10.4. The fourth-order valence-corrected chi connectivity index (χ4v) is 2.12. The Morgan fingerprint density at radius 1 is 1.47 bits per heavy atom. The maximum Gasteiger partial charge on any atom is 0.224 e. The molecule has 3 heteroatoms. The van der Waals surface area contributed by atoms with E-state index in [2.05, 4.69) is 27.7 Å². The van der Waals surface area contributed by atoms with E-state index in [1.54, 1.807) is 0 Å². The van der Waals surface area contributed by atoms with Crippen molar-refractivity contribution in [1.29, 1.82) is 0 Å². The van der Waals surface area contributed by atoms with Crippen LogP contribution in [-0.4, -0.2) is 28.9 Å². The Morgan fingerprint density at radius 3 is 2.47 bits per heavy atom. The number of nitrogens with two attached hydrogens (primary N) is 1. The van der Waals surface area contributed by atoms with E-state index in [9.17, 15) is 4.79 Å². The predicted octanol–water partition coefficient (Wildman–Crippen LogP) is 1.76. The van der Waals surface area contributed by atoms with E-state index in [1.807, 2.05) is 4.90 Å². The molecule has 2 N–H and O–H groups in total. The van der Waals surface area contributed by atoms with Crippen molar-refractivity contribution in [3.8, 4) is 0 Å². The van der Waals surface area contributed by atoms with Crippen LogP contribution in [-0.2, 0) is 4.79 Å². The molecule has 0 aliphatic carbocycles. The van der Waals surface area contributed by atoms with Gasteiger partial charge in [0.2, 0.25) is 5.91 Å². The molecule has 3 nitrogen and oxygen atoms in total. The Labute approximate surface area is 93.0 Å². The summed E-state index contributed by atoms with van der Waals surface area (Å²) in [6.07, 6.45) is 2.71. The van der Waals surface area contributed by atoms with Gasteiger partial charge < -0.3 is 10.6 Å². The molecular weight excluding hydrogens is 188 g/mol. The Morgan fingerprint density at radius 2 is 2.07 bits per heavy atom. The van der Waals surface area contributed by atoms with E-state index in [4.69, 9.17) is 5.73 Å². The molecule has 1 aliphatic heterocycles. The van der Waals surface area contributed by atoms with Crippen molar-refractivity contribution in [2.45, 2.75) is 58.5 Å². The van der Waals surface area contributed by atoms with E-state index < -0.39 is 0 Å². The molecule has 0 spiro atoms. The molecule has 0 saturated carbocycles. The molecule has 1 rings (SSSR count). The lowest BCUT2D eigenvalue weighted by atomic mass is 9.98. The Hall–Kier alpha value is -0.570. The van der Waals surface area contributed by atoms with Gasteiger partial charge >= 0.3 is 0 Å². The van der Waals surface area contributed by atoms with E-state index >= 15 is 0 Å². The average Bonchev–Trinajstić information content (AvgIpc) is 2.44. The van der Waals surface area contributed by atoms with Crippen molar-refractivity contribution in [3.63, 3.8) is 0 Å². The van der Waals surface area contributed by atoms with Crippen LogP contribution >= 0.6 is 0 Å². The first kappa shape index (κ1) is 12.5. The maximum absolute atomic E-state index is 12.0. The van der Waals surface area contributed by atoms with Gasteiger partial charge in [-0.25, -0.2) is 0 Å². The van der Waals surface area contributed by atoms with Crippen LogP contribution in [0.2, 0.25) is 0 Å². The highest BCUT2D eigenvalue weighted by Gasteiger charge is 2.35. The van der Waals surface area contributed by atoms with E-state index in [1.165, 1.54) is 0 Å². The third kappa shape index (κ3) is 2.94. The fourth-order valence-electron chi connectivity index (χ4n) is 2.12. The van der Waals surface area contributed by atoms with Crippen LogP contribution in [0.3, 0.4) is 0 Å². The third-order valence-electron chi connectivity index (χ3n) is 3.47. The summed E-state index contributed by atoms with van der Waals surface area (Å²) in [5, 5.41) is 0. The van der Waals surface area contributed by atoms with E-state index in [0.717, 1.165) is 19.4 Å².